The number of amides is 1. The first kappa shape index (κ1) is 17.8. The third-order valence-electron chi connectivity index (χ3n) is 4.72. The van der Waals surface area contributed by atoms with Crippen LogP contribution in [-0.4, -0.2) is 25.0 Å². The fraction of sp³-hybridized carbons (Fsp3) is 0.250. The molecule has 1 heterocycles. The van der Waals surface area contributed by atoms with E-state index in [0.29, 0.717) is 27.8 Å². The highest BCUT2D eigenvalue weighted by molar-refractivity contribution is 6.42. The van der Waals surface area contributed by atoms with E-state index in [1.807, 2.05) is 37.4 Å². The van der Waals surface area contributed by atoms with Crippen LogP contribution in [0.25, 0.3) is 0 Å². The van der Waals surface area contributed by atoms with Crippen molar-refractivity contribution in [2.75, 3.05) is 14.2 Å². The number of nitrogens with zero attached hydrogens (tertiary/aromatic N) is 1. The molecule has 3 nitrogen and oxygen atoms in total. The van der Waals surface area contributed by atoms with E-state index in [4.69, 9.17) is 27.9 Å². The Morgan fingerprint density at radius 1 is 1.24 bits per heavy atom. The highest BCUT2D eigenvalue weighted by atomic mass is 35.5. The maximum Gasteiger partial charge on any atom is 0.254 e. The Bertz CT molecular complexity index is 834. The van der Waals surface area contributed by atoms with Crippen LogP contribution in [0.3, 0.4) is 0 Å². The quantitative estimate of drug-likeness (QED) is 0.646. The Hall–Kier alpha value is -1.97. The van der Waals surface area contributed by atoms with Crippen LogP contribution >= 0.6 is 23.2 Å². The lowest BCUT2D eigenvalue weighted by molar-refractivity contribution is 0.0755. The maximum absolute atomic E-state index is 12.7. The number of hydrogen-bond donors (Lipinski definition) is 0. The lowest BCUT2D eigenvalue weighted by atomic mass is 9.84. The van der Waals surface area contributed by atoms with Gasteiger partial charge in [0.1, 0.15) is 5.75 Å². The highest BCUT2D eigenvalue weighted by Gasteiger charge is 2.39. The summed E-state index contributed by atoms with van der Waals surface area (Å²) in [5.41, 5.74) is 2.70. The lowest BCUT2D eigenvalue weighted by Crippen LogP contribution is -2.27. The van der Waals surface area contributed by atoms with Gasteiger partial charge < -0.3 is 9.64 Å². The Labute approximate surface area is 157 Å². The van der Waals surface area contributed by atoms with Crippen LogP contribution in [0, 0.1) is 0 Å². The first-order valence-electron chi connectivity index (χ1n) is 7.98. The van der Waals surface area contributed by atoms with E-state index < -0.39 is 0 Å². The van der Waals surface area contributed by atoms with Gasteiger partial charge in [-0.05, 0) is 41.8 Å². The molecular formula is C20H19Cl2NO2. The van der Waals surface area contributed by atoms with Gasteiger partial charge in [0, 0.05) is 18.5 Å². The van der Waals surface area contributed by atoms with Crippen molar-refractivity contribution in [1.29, 1.82) is 0 Å². The largest absolute Gasteiger partial charge is 0.497 e. The van der Waals surface area contributed by atoms with E-state index in [1.165, 1.54) is 0 Å². The van der Waals surface area contributed by atoms with E-state index in [1.54, 1.807) is 24.1 Å². The van der Waals surface area contributed by atoms with Crippen molar-refractivity contribution in [3.63, 3.8) is 0 Å². The summed E-state index contributed by atoms with van der Waals surface area (Å²) < 4.78 is 5.26. The molecule has 2 aromatic carbocycles. The first-order chi connectivity index (χ1) is 12.0. The van der Waals surface area contributed by atoms with Crippen molar-refractivity contribution in [3.8, 4) is 5.75 Å². The second-order valence-corrected chi connectivity index (χ2v) is 6.93. The minimum Gasteiger partial charge on any atom is -0.497 e. The molecule has 1 aliphatic heterocycles. The molecule has 2 unspecified atom stereocenters. The zero-order chi connectivity index (χ0) is 18.1. The van der Waals surface area contributed by atoms with Gasteiger partial charge in [-0.1, -0.05) is 41.4 Å². The van der Waals surface area contributed by atoms with Crippen LogP contribution in [0.1, 0.15) is 39.9 Å². The molecule has 0 aliphatic carbocycles. The minimum absolute atomic E-state index is 0.00646. The molecule has 1 aliphatic rings. The molecule has 130 valence electrons. The summed E-state index contributed by atoms with van der Waals surface area (Å²) in [6, 6.07) is 11.2. The number of fused-ring (bicyclic) bond motifs is 1. The zero-order valence-corrected chi connectivity index (χ0v) is 15.6. The molecule has 0 saturated carbocycles. The normalized spacial score (nSPS) is 17.4. The molecule has 0 spiro atoms. The van der Waals surface area contributed by atoms with Crippen molar-refractivity contribution < 1.29 is 9.53 Å². The van der Waals surface area contributed by atoms with Crippen LogP contribution < -0.4 is 4.74 Å². The second kappa shape index (κ2) is 7.11. The first-order valence-corrected chi connectivity index (χ1v) is 8.74. The molecule has 2 atom stereocenters. The summed E-state index contributed by atoms with van der Waals surface area (Å²) in [4.78, 5) is 14.5. The molecule has 0 radical (unpaired) electrons. The van der Waals surface area contributed by atoms with Crippen molar-refractivity contribution in [2.45, 2.75) is 18.4 Å². The van der Waals surface area contributed by atoms with Gasteiger partial charge >= 0.3 is 0 Å². The van der Waals surface area contributed by atoms with E-state index in [-0.39, 0.29) is 17.9 Å². The highest BCUT2D eigenvalue weighted by Crippen LogP contribution is 2.45. The molecule has 0 saturated heterocycles. The lowest BCUT2D eigenvalue weighted by Gasteiger charge is -2.30. The molecule has 2 aromatic rings. The Morgan fingerprint density at radius 2 is 2.00 bits per heavy atom. The number of likely N-dealkylation sites (N-methyl/N-ethyl adjacent to an activating group) is 1. The molecule has 0 bridgehead atoms. The van der Waals surface area contributed by atoms with Gasteiger partial charge in [-0.25, -0.2) is 0 Å². The van der Waals surface area contributed by atoms with Gasteiger partial charge in [-0.2, -0.15) is 0 Å². The molecule has 0 aromatic heterocycles. The van der Waals surface area contributed by atoms with Crippen LogP contribution in [0.15, 0.2) is 49.1 Å². The number of rotatable bonds is 5. The predicted molar refractivity (Wildman–Crippen MR) is 102 cm³/mol. The zero-order valence-electron chi connectivity index (χ0n) is 14.1. The number of hydrogen-bond acceptors (Lipinski definition) is 2. The molecule has 0 N–H and O–H groups in total. The molecule has 1 amide bonds. The fourth-order valence-corrected chi connectivity index (χ4v) is 3.79. The standard InChI is InChI=1S/C20H19Cl2NO2/c1-4-5-14(12-6-9-17(21)18(22)10-12)19-15-8-7-13(25-3)11-16(15)20(24)23(19)2/h4,6-11,14,19H,1,5H2,2-3H3. The summed E-state index contributed by atoms with van der Waals surface area (Å²) in [5.74, 6) is 0.708. The third kappa shape index (κ3) is 3.14. The second-order valence-electron chi connectivity index (χ2n) is 6.12. The van der Waals surface area contributed by atoms with E-state index in [0.717, 1.165) is 11.1 Å². The van der Waals surface area contributed by atoms with Crippen molar-refractivity contribution >= 4 is 29.1 Å². The van der Waals surface area contributed by atoms with Gasteiger partial charge in [-0.15, -0.1) is 6.58 Å². The Morgan fingerprint density at radius 3 is 2.64 bits per heavy atom. The topological polar surface area (TPSA) is 29.5 Å². The minimum atomic E-state index is -0.0938. The molecule has 0 fully saturated rings. The van der Waals surface area contributed by atoms with Crippen molar-refractivity contribution in [3.05, 3.63) is 75.8 Å². The number of ether oxygens (including phenoxy) is 1. The molecule has 5 heteroatoms. The average molecular weight is 376 g/mol. The van der Waals surface area contributed by atoms with Crippen molar-refractivity contribution in [2.24, 2.45) is 0 Å². The Kier molecular flexibility index (Phi) is 5.07. The summed E-state index contributed by atoms with van der Waals surface area (Å²) in [6.07, 6.45) is 2.58. The Balaban J connectivity index is 2.09. The average Bonchev–Trinajstić information content (AvgIpc) is 2.86. The molecular weight excluding hydrogens is 357 g/mol. The van der Waals surface area contributed by atoms with Crippen molar-refractivity contribution in [1.82, 2.24) is 4.90 Å². The van der Waals surface area contributed by atoms with Gasteiger partial charge in [0.15, 0.2) is 0 Å². The van der Waals surface area contributed by atoms with Gasteiger partial charge in [0.25, 0.3) is 5.91 Å². The number of allylic oxidation sites excluding steroid dienone is 1. The SMILES string of the molecule is C=CCC(c1ccc(Cl)c(Cl)c1)C1c2ccc(OC)cc2C(=O)N1C. The summed E-state index contributed by atoms with van der Waals surface area (Å²) >= 11 is 12.3. The van der Waals surface area contributed by atoms with Crippen LogP contribution in [-0.2, 0) is 0 Å². The fourth-order valence-electron chi connectivity index (χ4n) is 3.49. The van der Waals surface area contributed by atoms with Gasteiger partial charge in [0.2, 0.25) is 0 Å². The molecule has 3 rings (SSSR count). The van der Waals surface area contributed by atoms with Crippen LogP contribution in [0.5, 0.6) is 5.75 Å². The summed E-state index contributed by atoms with van der Waals surface area (Å²) in [7, 11) is 3.42. The third-order valence-corrected chi connectivity index (χ3v) is 5.46. The van der Waals surface area contributed by atoms with Gasteiger partial charge in [0.05, 0.1) is 23.2 Å². The predicted octanol–water partition coefficient (Wildman–Crippen LogP) is 5.49. The van der Waals surface area contributed by atoms with Crippen LogP contribution in [0.2, 0.25) is 10.0 Å². The van der Waals surface area contributed by atoms with E-state index >= 15 is 0 Å². The number of carbonyl (C=O) groups excluding carboxylic acids is 1. The number of carbonyl (C=O) groups is 1. The number of benzene rings is 2. The number of methoxy groups -OCH3 is 1. The number of halogens is 2. The maximum atomic E-state index is 12.7. The van der Waals surface area contributed by atoms with E-state index in [9.17, 15) is 4.79 Å². The summed E-state index contributed by atoms with van der Waals surface area (Å²) in [6.45, 7) is 3.88. The summed E-state index contributed by atoms with van der Waals surface area (Å²) in [5, 5.41) is 1.03. The van der Waals surface area contributed by atoms with Gasteiger partial charge in [-0.3, -0.25) is 4.79 Å². The van der Waals surface area contributed by atoms with E-state index in [2.05, 4.69) is 6.58 Å². The molecule has 25 heavy (non-hydrogen) atoms. The smallest absolute Gasteiger partial charge is 0.254 e. The van der Waals surface area contributed by atoms with Crippen LogP contribution in [0.4, 0.5) is 0 Å². The monoisotopic (exact) mass is 375 g/mol.